The van der Waals surface area contributed by atoms with Crippen molar-refractivity contribution in [1.29, 1.82) is 0 Å². The van der Waals surface area contributed by atoms with Gasteiger partial charge in [-0.05, 0) is 44.4 Å². The highest BCUT2D eigenvalue weighted by Gasteiger charge is 2.34. The number of aromatic nitrogens is 1. The molecule has 3 heterocycles. The van der Waals surface area contributed by atoms with Gasteiger partial charge in [0, 0.05) is 24.3 Å². The van der Waals surface area contributed by atoms with E-state index < -0.39 is 0 Å². The maximum atomic E-state index is 12.7. The van der Waals surface area contributed by atoms with Crippen molar-refractivity contribution in [3.63, 3.8) is 0 Å². The number of carbonyl (C=O) groups excluding carboxylic acids is 1. The summed E-state index contributed by atoms with van der Waals surface area (Å²) in [6, 6.07) is 9.04. The zero-order chi connectivity index (χ0) is 16.4. The molecule has 0 spiro atoms. The van der Waals surface area contributed by atoms with Gasteiger partial charge in [-0.15, -0.1) is 0 Å². The fraction of sp³-hybridized carbons (Fsp3) is 0.444. The van der Waals surface area contributed by atoms with Gasteiger partial charge < -0.3 is 13.9 Å². The molecular weight excluding hydrogens is 292 g/mol. The van der Waals surface area contributed by atoms with Gasteiger partial charge in [0.05, 0.1) is 6.54 Å². The molecule has 2 aromatic heterocycles. The quantitative estimate of drug-likeness (QED) is 0.872. The molecule has 23 heavy (non-hydrogen) atoms. The van der Waals surface area contributed by atoms with Gasteiger partial charge in [0.15, 0.2) is 5.76 Å². The summed E-state index contributed by atoms with van der Waals surface area (Å²) < 4.78 is 7.26. The van der Waals surface area contributed by atoms with Crippen molar-refractivity contribution < 1.29 is 9.21 Å². The molecule has 0 radical (unpaired) electrons. The normalized spacial score (nSPS) is 20.9. The summed E-state index contributed by atoms with van der Waals surface area (Å²) in [6.45, 7) is 4.53. The average Bonchev–Trinajstić information content (AvgIpc) is 3.15. The van der Waals surface area contributed by atoms with Gasteiger partial charge in [0.1, 0.15) is 5.76 Å². The second-order valence-corrected chi connectivity index (χ2v) is 6.13. The van der Waals surface area contributed by atoms with E-state index in [4.69, 9.17) is 4.42 Å². The molecule has 3 rings (SSSR count). The van der Waals surface area contributed by atoms with Gasteiger partial charge in [0.2, 0.25) is 0 Å². The maximum Gasteiger partial charge on any atom is 0.290 e. The highest BCUT2D eigenvalue weighted by Crippen LogP contribution is 2.28. The maximum absolute atomic E-state index is 12.7. The first kappa shape index (κ1) is 15.6. The highest BCUT2D eigenvalue weighted by atomic mass is 16.4. The van der Waals surface area contributed by atoms with Crippen LogP contribution in [0.2, 0.25) is 0 Å². The SMILES string of the molecule is CC[C@@H]1CC[C@H](C)N1C(=O)c1ccc(Cn2ccccc2=O)o1. The Labute approximate surface area is 135 Å². The molecule has 0 saturated carbocycles. The summed E-state index contributed by atoms with van der Waals surface area (Å²) in [5, 5.41) is 0. The second-order valence-electron chi connectivity index (χ2n) is 6.13. The predicted octanol–water partition coefficient (Wildman–Crippen LogP) is 2.89. The molecule has 2 atom stereocenters. The molecule has 1 aliphatic heterocycles. The zero-order valence-corrected chi connectivity index (χ0v) is 13.6. The van der Waals surface area contributed by atoms with E-state index in [9.17, 15) is 9.59 Å². The lowest BCUT2D eigenvalue weighted by atomic mass is 10.1. The molecule has 1 amide bonds. The van der Waals surface area contributed by atoms with E-state index in [-0.39, 0.29) is 17.5 Å². The van der Waals surface area contributed by atoms with Gasteiger partial charge in [-0.2, -0.15) is 0 Å². The second kappa shape index (κ2) is 6.44. The molecule has 0 bridgehead atoms. The summed E-state index contributed by atoms with van der Waals surface area (Å²) in [4.78, 5) is 26.4. The van der Waals surface area contributed by atoms with Crippen LogP contribution in [0.4, 0.5) is 0 Å². The van der Waals surface area contributed by atoms with Crippen molar-refractivity contribution in [2.24, 2.45) is 0 Å². The van der Waals surface area contributed by atoms with Crippen molar-refractivity contribution in [3.05, 3.63) is 58.4 Å². The molecule has 1 fully saturated rings. The fourth-order valence-corrected chi connectivity index (χ4v) is 3.30. The van der Waals surface area contributed by atoms with Crippen molar-refractivity contribution in [3.8, 4) is 0 Å². The Morgan fingerprint density at radius 3 is 2.83 bits per heavy atom. The van der Waals surface area contributed by atoms with Gasteiger partial charge >= 0.3 is 0 Å². The lowest BCUT2D eigenvalue weighted by Crippen LogP contribution is -2.39. The number of furan rings is 1. The van der Waals surface area contributed by atoms with Crippen LogP contribution in [0, 0.1) is 0 Å². The number of carbonyl (C=O) groups is 1. The molecule has 5 nitrogen and oxygen atoms in total. The Balaban J connectivity index is 1.78. The van der Waals surface area contributed by atoms with E-state index in [0.717, 1.165) is 19.3 Å². The van der Waals surface area contributed by atoms with Gasteiger partial charge in [-0.1, -0.05) is 13.0 Å². The van der Waals surface area contributed by atoms with Gasteiger partial charge in [-0.3, -0.25) is 9.59 Å². The number of hydrogen-bond donors (Lipinski definition) is 0. The van der Waals surface area contributed by atoms with Crippen LogP contribution in [0.1, 0.15) is 49.4 Å². The predicted molar refractivity (Wildman–Crippen MR) is 87.5 cm³/mol. The number of pyridine rings is 1. The van der Waals surface area contributed by atoms with E-state index >= 15 is 0 Å². The fourth-order valence-electron chi connectivity index (χ4n) is 3.30. The summed E-state index contributed by atoms with van der Waals surface area (Å²) in [7, 11) is 0. The Bertz CT molecular complexity index is 746. The Morgan fingerprint density at radius 1 is 1.26 bits per heavy atom. The van der Waals surface area contributed by atoms with Crippen molar-refractivity contribution in [2.75, 3.05) is 0 Å². The van der Waals surface area contributed by atoms with Gasteiger partial charge in [0.25, 0.3) is 11.5 Å². The monoisotopic (exact) mass is 314 g/mol. The molecule has 0 aromatic carbocycles. The molecule has 0 aliphatic carbocycles. The minimum atomic E-state index is -0.0870. The smallest absolute Gasteiger partial charge is 0.290 e. The van der Waals surface area contributed by atoms with Gasteiger partial charge in [-0.25, -0.2) is 0 Å². The number of likely N-dealkylation sites (tertiary alicyclic amines) is 1. The lowest BCUT2D eigenvalue weighted by Gasteiger charge is -2.26. The molecule has 2 aromatic rings. The van der Waals surface area contributed by atoms with Crippen LogP contribution in [0.15, 0.2) is 45.7 Å². The van der Waals surface area contributed by atoms with Crippen LogP contribution < -0.4 is 5.56 Å². The van der Waals surface area contributed by atoms with Crippen LogP contribution >= 0.6 is 0 Å². The topological polar surface area (TPSA) is 55.5 Å². The van der Waals surface area contributed by atoms with E-state index in [0.29, 0.717) is 24.1 Å². The van der Waals surface area contributed by atoms with E-state index in [1.165, 1.54) is 6.07 Å². The third-order valence-electron chi connectivity index (χ3n) is 4.59. The standard InChI is InChI=1S/C18H22N2O3/c1-3-14-8-7-13(2)20(14)18(22)16-10-9-15(23-16)12-19-11-5-4-6-17(19)21/h4-6,9-11,13-14H,3,7-8,12H2,1-2H3/t13-,14+/m0/s1. The summed E-state index contributed by atoms with van der Waals surface area (Å²) in [6.07, 6.45) is 4.76. The lowest BCUT2D eigenvalue weighted by molar-refractivity contribution is 0.0641. The minimum absolute atomic E-state index is 0.0477. The van der Waals surface area contributed by atoms with Crippen LogP contribution in [-0.2, 0) is 6.54 Å². The third-order valence-corrected chi connectivity index (χ3v) is 4.59. The number of amides is 1. The molecule has 0 unspecified atom stereocenters. The average molecular weight is 314 g/mol. The first-order valence-corrected chi connectivity index (χ1v) is 8.17. The minimum Gasteiger partial charge on any atom is -0.454 e. The number of nitrogens with zero attached hydrogens (tertiary/aromatic N) is 2. The molecule has 1 saturated heterocycles. The first-order chi connectivity index (χ1) is 11.1. The van der Waals surface area contributed by atoms with E-state index in [1.54, 1.807) is 35.0 Å². The summed E-state index contributed by atoms with van der Waals surface area (Å²) in [5.41, 5.74) is -0.0870. The number of rotatable bonds is 4. The third kappa shape index (κ3) is 3.09. The van der Waals surface area contributed by atoms with Crippen molar-refractivity contribution in [1.82, 2.24) is 9.47 Å². The Kier molecular flexibility index (Phi) is 4.37. The summed E-state index contributed by atoms with van der Waals surface area (Å²) in [5.74, 6) is 0.922. The van der Waals surface area contributed by atoms with Crippen molar-refractivity contribution >= 4 is 5.91 Å². The van der Waals surface area contributed by atoms with Crippen LogP contribution in [0.5, 0.6) is 0 Å². The van der Waals surface area contributed by atoms with E-state index in [2.05, 4.69) is 13.8 Å². The van der Waals surface area contributed by atoms with Crippen molar-refractivity contribution in [2.45, 2.75) is 51.7 Å². The molecule has 0 N–H and O–H groups in total. The molecular formula is C18H22N2O3. The first-order valence-electron chi connectivity index (χ1n) is 8.17. The molecule has 122 valence electrons. The van der Waals surface area contributed by atoms with Crippen LogP contribution in [0.3, 0.4) is 0 Å². The largest absolute Gasteiger partial charge is 0.454 e. The number of hydrogen-bond acceptors (Lipinski definition) is 3. The van der Waals surface area contributed by atoms with Crippen LogP contribution in [-0.4, -0.2) is 27.5 Å². The van der Waals surface area contributed by atoms with Crippen LogP contribution in [0.25, 0.3) is 0 Å². The summed E-state index contributed by atoms with van der Waals surface area (Å²) >= 11 is 0. The molecule has 5 heteroatoms. The van der Waals surface area contributed by atoms with E-state index in [1.807, 2.05) is 4.90 Å². The Morgan fingerprint density at radius 2 is 2.09 bits per heavy atom. The Hall–Kier alpha value is -2.30. The molecule has 1 aliphatic rings. The zero-order valence-electron chi connectivity index (χ0n) is 13.6. The highest BCUT2D eigenvalue weighted by molar-refractivity contribution is 5.92.